The van der Waals surface area contributed by atoms with Gasteiger partial charge in [0.25, 0.3) is 0 Å². The van der Waals surface area contributed by atoms with Crippen molar-refractivity contribution in [3.8, 4) is 0 Å². The van der Waals surface area contributed by atoms with Gasteiger partial charge < -0.3 is 6.15 Å². The molecule has 0 heterocycles. The number of hydrogen-bond donors (Lipinski definition) is 1. The fraction of sp³-hybridized carbons (Fsp3) is 0. The zero-order valence-electron chi connectivity index (χ0n) is 6.17. The van der Waals surface area contributed by atoms with Crippen molar-refractivity contribution in [1.82, 2.24) is 6.15 Å². The van der Waals surface area contributed by atoms with Crippen molar-refractivity contribution in [2.45, 2.75) is 0 Å². The fourth-order valence-corrected chi connectivity index (χ4v) is 0.986. The first-order chi connectivity index (χ1) is 5.97. The first-order valence-corrected chi connectivity index (χ1v) is 6.39. The van der Waals surface area contributed by atoms with Crippen LogP contribution in [-0.4, -0.2) is 29.6 Å². The van der Waals surface area contributed by atoms with Crippen molar-refractivity contribution in [1.29, 1.82) is 0 Å². The second-order valence-corrected chi connectivity index (χ2v) is 8.08. The van der Waals surface area contributed by atoms with Gasteiger partial charge >= 0.3 is 96.4 Å². The quantitative estimate of drug-likeness (QED) is 0.547. The Kier molecular flexibility index (Phi) is 6.31. The Hall–Kier alpha value is -0.817. The summed E-state index contributed by atoms with van der Waals surface area (Å²) in [5.74, 6) is 0. The SMILES string of the molecule is N.O=[N][Rh]([N]=O)([N]=O)([N]=O)([N]=O)[N]=O.[NaH]. The van der Waals surface area contributed by atoms with Crippen molar-refractivity contribution in [2.75, 3.05) is 0 Å². The Balaban J connectivity index is -0.000000720. The third-order valence-electron chi connectivity index (χ3n) is 0.816. The van der Waals surface area contributed by atoms with E-state index >= 15 is 0 Å². The van der Waals surface area contributed by atoms with Crippen LogP contribution in [0.5, 0.6) is 0 Å². The van der Waals surface area contributed by atoms with E-state index in [1.807, 2.05) is 0 Å². The number of nitrogens with zero attached hydrogens (tertiary/aromatic N) is 6. The molecule has 15 heteroatoms. The van der Waals surface area contributed by atoms with Crippen molar-refractivity contribution in [3.63, 3.8) is 0 Å². The minimum atomic E-state index is -7.88. The van der Waals surface area contributed by atoms with Gasteiger partial charge in [-0.3, -0.25) is 0 Å². The fourth-order valence-electron chi connectivity index (χ4n) is 0.167. The maximum atomic E-state index is 9.98. The summed E-state index contributed by atoms with van der Waals surface area (Å²) in [4.78, 5) is 59.9. The maximum absolute atomic E-state index is 9.98. The predicted octanol–water partition coefficient (Wildman–Crippen LogP) is 0.814. The van der Waals surface area contributed by atoms with Gasteiger partial charge in [0.2, 0.25) is 0 Å². The molecule has 0 aromatic carbocycles. The average Bonchev–Trinajstić information content (AvgIpc) is 2.26. The van der Waals surface area contributed by atoms with Crippen LogP contribution in [0, 0.1) is 29.4 Å². The zero-order valence-corrected chi connectivity index (χ0v) is 7.81. The first-order valence-electron chi connectivity index (χ1n) is 1.99. The summed E-state index contributed by atoms with van der Waals surface area (Å²) >= 11 is -7.88. The van der Waals surface area contributed by atoms with Crippen molar-refractivity contribution in [2.24, 2.45) is 23.5 Å². The van der Waals surface area contributed by atoms with Crippen LogP contribution in [0.2, 0.25) is 0 Å². The van der Waals surface area contributed by atoms with Crippen LogP contribution >= 0.6 is 0 Å². The second kappa shape index (κ2) is 4.80. The Bertz CT molecular complexity index is 239. The van der Waals surface area contributed by atoms with Crippen LogP contribution in [0.3, 0.4) is 0 Å². The van der Waals surface area contributed by atoms with Gasteiger partial charge in [0.15, 0.2) is 0 Å². The molecule has 85 valence electrons. The summed E-state index contributed by atoms with van der Waals surface area (Å²) in [7, 11) is 0. The third-order valence-corrected chi connectivity index (χ3v) is 4.83. The molecule has 0 spiro atoms. The standard InChI is InChI=1S/6NO.H3N.Na.Rh.H/c6*1-2;;;;/h;;;;;;1H3;;;/q6*-1;;;+6;. The van der Waals surface area contributed by atoms with Gasteiger partial charge in [-0.1, -0.05) is 0 Å². The van der Waals surface area contributed by atoms with Gasteiger partial charge in [-0.15, -0.1) is 0 Å². The summed E-state index contributed by atoms with van der Waals surface area (Å²) in [6.45, 7) is 0. The van der Waals surface area contributed by atoms with E-state index in [1.54, 1.807) is 0 Å². The van der Waals surface area contributed by atoms with Crippen LogP contribution in [0.25, 0.3) is 0 Å². The molecule has 3 N–H and O–H groups in total. The van der Waals surface area contributed by atoms with Gasteiger partial charge in [-0.2, -0.15) is 0 Å². The molecule has 0 saturated heterocycles. The van der Waals surface area contributed by atoms with Crippen LogP contribution in [0.4, 0.5) is 0 Å². The van der Waals surface area contributed by atoms with Crippen molar-refractivity contribution < 1.29 is 13.9 Å². The van der Waals surface area contributed by atoms with Gasteiger partial charge in [0, 0.05) is 0 Å². The molecule has 0 fully saturated rings. The summed E-state index contributed by atoms with van der Waals surface area (Å²) in [6.07, 6.45) is 0. The molecule has 0 bridgehead atoms. The molecular weight excluding hydrogens is 320 g/mol. The first kappa shape index (κ1) is 19.7. The molecule has 0 radical (unpaired) electrons. The van der Waals surface area contributed by atoms with E-state index in [4.69, 9.17) is 0 Å². The minimum absolute atomic E-state index is 0. The summed E-state index contributed by atoms with van der Waals surface area (Å²) in [5, 5.41) is 0. The predicted molar refractivity (Wildman–Crippen MR) is 46.9 cm³/mol. The van der Waals surface area contributed by atoms with E-state index in [9.17, 15) is 29.4 Å². The molecule has 13 nitrogen and oxygen atoms in total. The molecule has 0 atom stereocenters. The molecule has 0 aromatic rings. The molecular formula is H4N7NaO6Rh. The number of rotatable bonds is 6. The molecule has 0 amide bonds. The van der Waals surface area contributed by atoms with E-state index in [-0.39, 0.29) is 35.7 Å². The Morgan fingerprint density at radius 3 is 0.667 bits per heavy atom. The molecule has 0 rings (SSSR count). The van der Waals surface area contributed by atoms with Crippen molar-refractivity contribution in [3.05, 3.63) is 29.4 Å². The zero-order chi connectivity index (χ0) is 10.7. The van der Waals surface area contributed by atoms with Crippen LogP contribution in [0.1, 0.15) is 0 Å². The van der Waals surface area contributed by atoms with E-state index in [0.717, 1.165) is 0 Å². The van der Waals surface area contributed by atoms with Gasteiger partial charge in [-0.05, 0) is 0 Å². The van der Waals surface area contributed by atoms with E-state index in [0.29, 0.717) is 0 Å². The molecule has 0 aliphatic carbocycles. The van der Waals surface area contributed by atoms with E-state index in [1.165, 1.54) is 23.5 Å². The van der Waals surface area contributed by atoms with E-state index in [2.05, 4.69) is 0 Å². The van der Waals surface area contributed by atoms with Crippen LogP contribution in [0.15, 0.2) is 23.5 Å². The average molecular weight is 324 g/mol. The second-order valence-electron chi connectivity index (χ2n) is 1.37. The molecule has 0 unspecified atom stereocenters. The van der Waals surface area contributed by atoms with Gasteiger partial charge in [0.05, 0.1) is 0 Å². The Morgan fingerprint density at radius 1 is 0.533 bits per heavy atom. The summed E-state index contributed by atoms with van der Waals surface area (Å²) in [6, 6.07) is 0. The monoisotopic (exact) mass is 324 g/mol. The topological polar surface area (TPSA) is 212 Å². The Morgan fingerprint density at radius 2 is 0.667 bits per heavy atom. The number of nitroso groups, excluding NO2 is 6. The van der Waals surface area contributed by atoms with Gasteiger partial charge in [-0.25, -0.2) is 0 Å². The molecule has 0 aromatic heterocycles. The Labute approximate surface area is 102 Å². The normalized spacial score (nSPS) is 13.6. The van der Waals surface area contributed by atoms with Gasteiger partial charge in [0.1, 0.15) is 0 Å². The van der Waals surface area contributed by atoms with Crippen LogP contribution in [-0.2, 0) is 13.9 Å². The summed E-state index contributed by atoms with van der Waals surface area (Å²) in [5.41, 5.74) is 0. The molecule has 15 heavy (non-hydrogen) atoms. The third kappa shape index (κ3) is 1.94. The van der Waals surface area contributed by atoms with Crippen LogP contribution < -0.4 is 6.15 Å². The summed E-state index contributed by atoms with van der Waals surface area (Å²) < 4.78 is 8.39. The van der Waals surface area contributed by atoms with E-state index < -0.39 is 13.9 Å². The number of hydrogen-bond acceptors (Lipinski definition) is 13. The molecule has 0 aliphatic heterocycles. The molecule has 0 saturated carbocycles. The van der Waals surface area contributed by atoms with Crippen molar-refractivity contribution >= 4 is 29.6 Å². The molecule has 0 aliphatic rings.